The molecule has 0 saturated carbocycles. The second-order valence-electron chi connectivity index (χ2n) is 8.96. The summed E-state index contributed by atoms with van der Waals surface area (Å²) in [7, 11) is -3.46. The van der Waals surface area contributed by atoms with Crippen molar-refractivity contribution in [3.8, 4) is 11.8 Å². The SMILES string of the molecule is CCCCNc1c(Cl)cc(C(C)(C)c2ccc(OCc3ccnc(NS(C)(=O)=O)n3)cc2)cc1C#N. The minimum Gasteiger partial charge on any atom is -0.487 e. The Morgan fingerprint density at radius 1 is 1.14 bits per heavy atom. The van der Waals surface area contributed by atoms with E-state index in [1.807, 2.05) is 36.4 Å². The molecule has 0 amide bonds. The van der Waals surface area contributed by atoms with Gasteiger partial charge in [-0.05, 0) is 47.9 Å². The Kier molecular flexibility index (Phi) is 8.77. The zero-order valence-corrected chi connectivity index (χ0v) is 22.4. The van der Waals surface area contributed by atoms with Gasteiger partial charge in [-0.3, -0.25) is 4.72 Å². The Morgan fingerprint density at radius 3 is 2.50 bits per heavy atom. The third kappa shape index (κ3) is 7.09. The molecule has 0 atom stereocenters. The number of benzene rings is 2. The van der Waals surface area contributed by atoms with Crippen molar-refractivity contribution < 1.29 is 13.2 Å². The highest BCUT2D eigenvalue weighted by atomic mass is 35.5. The summed E-state index contributed by atoms with van der Waals surface area (Å²) in [5, 5.41) is 13.5. The van der Waals surface area contributed by atoms with Gasteiger partial charge < -0.3 is 10.1 Å². The van der Waals surface area contributed by atoms with Gasteiger partial charge in [0.25, 0.3) is 0 Å². The first-order valence-electron chi connectivity index (χ1n) is 11.5. The van der Waals surface area contributed by atoms with E-state index in [-0.39, 0.29) is 12.6 Å². The first-order valence-corrected chi connectivity index (χ1v) is 13.8. The van der Waals surface area contributed by atoms with Crippen LogP contribution >= 0.6 is 11.6 Å². The topological polar surface area (TPSA) is 117 Å². The Hall–Kier alpha value is -3.35. The number of unbranched alkanes of at least 4 members (excludes halogenated alkanes) is 1. The maximum atomic E-state index is 11.4. The standard InChI is InChI=1S/C26H30ClN5O3S/c1-5-6-12-29-24-18(16-28)14-20(15-23(24)27)26(2,3)19-7-9-22(10-8-19)35-17-21-11-13-30-25(31-21)32-36(4,33)34/h7-11,13-15,29H,5-6,12,17H2,1-4H3,(H,30,31,32). The molecule has 2 aromatic carbocycles. The molecule has 0 aliphatic rings. The molecule has 36 heavy (non-hydrogen) atoms. The molecular weight excluding hydrogens is 498 g/mol. The number of hydrogen-bond donors (Lipinski definition) is 2. The monoisotopic (exact) mass is 527 g/mol. The quantitative estimate of drug-likeness (QED) is 0.316. The van der Waals surface area contributed by atoms with Gasteiger partial charge in [-0.25, -0.2) is 18.4 Å². The van der Waals surface area contributed by atoms with Crippen molar-refractivity contribution in [2.45, 2.75) is 45.6 Å². The number of hydrogen-bond acceptors (Lipinski definition) is 7. The number of halogens is 1. The summed E-state index contributed by atoms with van der Waals surface area (Å²) in [4.78, 5) is 8.05. The number of aromatic nitrogens is 2. The van der Waals surface area contributed by atoms with Crippen LogP contribution in [0.3, 0.4) is 0 Å². The molecule has 1 heterocycles. The highest BCUT2D eigenvalue weighted by Gasteiger charge is 2.25. The van der Waals surface area contributed by atoms with Crippen molar-refractivity contribution in [2.24, 2.45) is 0 Å². The van der Waals surface area contributed by atoms with Crippen LogP contribution < -0.4 is 14.8 Å². The normalized spacial score (nSPS) is 11.6. The fourth-order valence-corrected chi connectivity index (χ4v) is 4.32. The summed E-state index contributed by atoms with van der Waals surface area (Å²) < 4.78 is 30.8. The van der Waals surface area contributed by atoms with Crippen molar-refractivity contribution in [3.05, 3.63) is 76.1 Å². The summed E-state index contributed by atoms with van der Waals surface area (Å²) in [5.74, 6) is 0.634. The van der Waals surface area contributed by atoms with Crippen molar-refractivity contribution in [3.63, 3.8) is 0 Å². The molecule has 3 aromatic rings. The molecule has 190 valence electrons. The van der Waals surface area contributed by atoms with Gasteiger partial charge in [0.15, 0.2) is 0 Å². The van der Waals surface area contributed by atoms with Crippen LogP contribution in [0.5, 0.6) is 5.75 Å². The Bertz CT molecular complexity index is 1350. The summed E-state index contributed by atoms with van der Waals surface area (Å²) in [6, 6.07) is 15.4. The molecule has 0 fully saturated rings. The van der Waals surface area contributed by atoms with Gasteiger partial charge in [-0.2, -0.15) is 5.26 Å². The van der Waals surface area contributed by atoms with Crippen LogP contribution in [-0.2, 0) is 22.0 Å². The van der Waals surface area contributed by atoms with Crippen LogP contribution in [-0.4, -0.2) is 31.2 Å². The van der Waals surface area contributed by atoms with Crippen LogP contribution in [0, 0.1) is 11.3 Å². The number of nitrogens with zero attached hydrogens (tertiary/aromatic N) is 3. The van der Waals surface area contributed by atoms with Crippen LogP contribution in [0.1, 0.15) is 56.0 Å². The molecule has 2 N–H and O–H groups in total. The molecule has 8 nitrogen and oxygen atoms in total. The second-order valence-corrected chi connectivity index (χ2v) is 11.1. The zero-order valence-electron chi connectivity index (χ0n) is 20.8. The Morgan fingerprint density at radius 2 is 1.86 bits per heavy atom. The van der Waals surface area contributed by atoms with Gasteiger partial charge in [0.05, 0.1) is 28.2 Å². The molecule has 0 saturated heterocycles. The highest BCUT2D eigenvalue weighted by Crippen LogP contribution is 2.37. The smallest absolute Gasteiger partial charge is 0.236 e. The van der Waals surface area contributed by atoms with Crippen molar-refractivity contribution in [2.75, 3.05) is 22.8 Å². The lowest BCUT2D eigenvalue weighted by Gasteiger charge is -2.27. The molecule has 0 bridgehead atoms. The molecule has 1 aromatic heterocycles. The maximum absolute atomic E-state index is 11.4. The lowest BCUT2D eigenvalue weighted by molar-refractivity contribution is 0.301. The summed E-state index contributed by atoms with van der Waals surface area (Å²) in [6.07, 6.45) is 4.56. The number of nitriles is 1. The minimum absolute atomic E-state index is 0.00215. The largest absolute Gasteiger partial charge is 0.487 e. The summed E-state index contributed by atoms with van der Waals surface area (Å²) in [6.45, 7) is 7.19. The van der Waals surface area contributed by atoms with E-state index in [9.17, 15) is 13.7 Å². The van der Waals surface area contributed by atoms with E-state index in [0.29, 0.717) is 27.7 Å². The average Bonchev–Trinajstić information content (AvgIpc) is 2.83. The Balaban J connectivity index is 1.74. The minimum atomic E-state index is -3.46. The van der Waals surface area contributed by atoms with Crippen molar-refractivity contribution in [1.82, 2.24) is 9.97 Å². The lowest BCUT2D eigenvalue weighted by atomic mass is 9.77. The van der Waals surface area contributed by atoms with E-state index in [0.717, 1.165) is 36.8 Å². The number of rotatable bonds is 11. The lowest BCUT2D eigenvalue weighted by Crippen LogP contribution is -2.19. The van der Waals surface area contributed by atoms with E-state index in [1.54, 1.807) is 6.07 Å². The molecule has 0 radical (unpaired) electrons. The second kappa shape index (κ2) is 11.6. The molecule has 0 aliphatic heterocycles. The molecule has 0 unspecified atom stereocenters. The number of nitrogens with one attached hydrogen (secondary N) is 2. The van der Waals surface area contributed by atoms with E-state index < -0.39 is 15.4 Å². The predicted molar refractivity (Wildman–Crippen MR) is 143 cm³/mol. The van der Waals surface area contributed by atoms with Crippen LogP contribution in [0.25, 0.3) is 0 Å². The highest BCUT2D eigenvalue weighted by molar-refractivity contribution is 7.91. The van der Waals surface area contributed by atoms with Crippen molar-refractivity contribution >= 4 is 33.3 Å². The van der Waals surface area contributed by atoms with Gasteiger partial charge in [-0.15, -0.1) is 0 Å². The van der Waals surface area contributed by atoms with Crippen LogP contribution in [0.15, 0.2) is 48.7 Å². The molecule has 3 rings (SSSR count). The molecule has 0 aliphatic carbocycles. The third-order valence-electron chi connectivity index (χ3n) is 5.72. The van der Waals surface area contributed by atoms with Crippen molar-refractivity contribution in [1.29, 1.82) is 5.26 Å². The fraction of sp³-hybridized carbons (Fsp3) is 0.346. The van der Waals surface area contributed by atoms with E-state index in [4.69, 9.17) is 16.3 Å². The first kappa shape index (κ1) is 27.2. The van der Waals surface area contributed by atoms with E-state index >= 15 is 0 Å². The van der Waals surface area contributed by atoms with Gasteiger partial charge in [0.2, 0.25) is 16.0 Å². The third-order valence-corrected chi connectivity index (χ3v) is 6.57. The number of sulfonamides is 1. The molecule has 10 heteroatoms. The molecule has 0 spiro atoms. The van der Waals surface area contributed by atoms with Gasteiger partial charge >= 0.3 is 0 Å². The fourth-order valence-electron chi connectivity index (χ4n) is 3.61. The van der Waals surface area contributed by atoms with E-state index in [2.05, 4.69) is 46.8 Å². The number of ether oxygens (including phenoxy) is 1. The Labute approximate surface area is 217 Å². The number of anilines is 2. The van der Waals surface area contributed by atoms with Crippen LogP contribution in [0.4, 0.5) is 11.6 Å². The van der Waals surface area contributed by atoms with Crippen LogP contribution in [0.2, 0.25) is 5.02 Å². The zero-order chi connectivity index (χ0) is 26.3. The van der Waals surface area contributed by atoms with E-state index in [1.165, 1.54) is 6.20 Å². The summed E-state index contributed by atoms with van der Waals surface area (Å²) >= 11 is 6.58. The van der Waals surface area contributed by atoms with Gasteiger partial charge in [-0.1, -0.05) is 50.9 Å². The first-order chi connectivity index (χ1) is 17.0. The summed E-state index contributed by atoms with van der Waals surface area (Å²) in [5.41, 5.74) is 3.29. The maximum Gasteiger partial charge on any atom is 0.236 e. The predicted octanol–water partition coefficient (Wildman–Crippen LogP) is 5.49. The van der Waals surface area contributed by atoms with Gasteiger partial charge in [0.1, 0.15) is 18.4 Å². The average molecular weight is 528 g/mol. The van der Waals surface area contributed by atoms with Gasteiger partial charge in [0, 0.05) is 18.2 Å². The molecular formula is C26H30ClN5O3S.